The fourth-order valence-corrected chi connectivity index (χ4v) is 4.60. The summed E-state index contributed by atoms with van der Waals surface area (Å²) in [6.45, 7) is 4.52. The summed E-state index contributed by atoms with van der Waals surface area (Å²) in [5.41, 5.74) is 0.711. The zero-order valence-electron chi connectivity index (χ0n) is 18.5. The van der Waals surface area contributed by atoms with Crippen molar-refractivity contribution in [3.05, 3.63) is 23.5 Å². The fraction of sp³-hybridized carbons (Fsp3) is 0.840. The lowest BCUT2D eigenvalue weighted by Crippen LogP contribution is -2.16. The molecule has 1 aliphatic rings. The predicted molar refractivity (Wildman–Crippen MR) is 117 cm³/mol. The van der Waals surface area contributed by atoms with Gasteiger partial charge in [0.2, 0.25) is 5.95 Å². The number of rotatable bonds is 14. The van der Waals surface area contributed by atoms with Crippen molar-refractivity contribution in [1.82, 2.24) is 9.97 Å². The molecular formula is C25H43FN2. The zero-order valence-corrected chi connectivity index (χ0v) is 18.5. The standard InChI is InChI=1S/C25H43FN2/c1-3-5-7-8-9-10-11-13-15-23-20-27-25(28-24(23)26)22-18-16-21(17-19-22)14-12-6-4-2/h20-22H,3-19H2,1-2H3. The van der Waals surface area contributed by atoms with Gasteiger partial charge in [0, 0.05) is 17.7 Å². The van der Waals surface area contributed by atoms with Gasteiger partial charge in [0.1, 0.15) is 5.82 Å². The molecule has 3 heteroatoms. The van der Waals surface area contributed by atoms with E-state index in [2.05, 4.69) is 23.8 Å². The van der Waals surface area contributed by atoms with Crippen molar-refractivity contribution < 1.29 is 4.39 Å². The molecule has 2 rings (SSSR count). The molecule has 0 N–H and O–H groups in total. The largest absolute Gasteiger partial charge is 0.241 e. The molecule has 1 aromatic heterocycles. The monoisotopic (exact) mass is 390 g/mol. The normalized spacial score (nSPS) is 19.8. The molecule has 1 aliphatic carbocycles. The molecule has 2 nitrogen and oxygen atoms in total. The van der Waals surface area contributed by atoms with E-state index in [0.717, 1.165) is 37.4 Å². The first-order valence-electron chi connectivity index (χ1n) is 12.3. The summed E-state index contributed by atoms with van der Waals surface area (Å²) in [6.07, 6.45) is 22.9. The Bertz CT molecular complexity index is 523. The number of hydrogen-bond donors (Lipinski definition) is 0. The van der Waals surface area contributed by atoms with Gasteiger partial charge < -0.3 is 0 Å². The minimum atomic E-state index is -0.266. The molecule has 1 fully saturated rings. The third-order valence-corrected chi connectivity index (χ3v) is 6.56. The Morgan fingerprint density at radius 2 is 1.43 bits per heavy atom. The second-order valence-corrected chi connectivity index (χ2v) is 8.98. The van der Waals surface area contributed by atoms with Gasteiger partial charge in [0.05, 0.1) is 0 Å². The predicted octanol–water partition coefficient (Wildman–Crippen LogP) is 8.15. The molecule has 1 aromatic rings. The van der Waals surface area contributed by atoms with E-state index in [1.165, 1.54) is 83.5 Å². The molecule has 0 amide bonds. The van der Waals surface area contributed by atoms with Gasteiger partial charge in [0.15, 0.2) is 0 Å². The molecular weight excluding hydrogens is 347 g/mol. The second-order valence-electron chi connectivity index (χ2n) is 8.98. The highest BCUT2D eigenvalue weighted by Gasteiger charge is 2.24. The first kappa shape index (κ1) is 23.3. The first-order chi connectivity index (χ1) is 13.7. The minimum absolute atomic E-state index is 0.266. The van der Waals surface area contributed by atoms with Gasteiger partial charge in [-0.2, -0.15) is 4.39 Å². The van der Waals surface area contributed by atoms with Crippen molar-refractivity contribution in [3.63, 3.8) is 0 Å². The van der Waals surface area contributed by atoms with Crippen LogP contribution >= 0.6 is 0 Å². The zero-order chi connectivity index (χ0) is 20.0. The Morgan fingerprint density at radius 1 is 0.821 bits per heavy atom. The SMILES string of the molecule is CCCCCCCCCCc1cnc(C2CCC(CCCCC)CC2)nc1F. The Labute approximate surface area is 173 Å². The summed E-state index contributed by atoms with van der Waals surface area (Å²) in [6, 6.07) is 0. The summed E-state index contributed by atoms with van der Waals surface area (Å²) < 4.78 is 14.5. The summed E-state index contributed by atoms with van der Waals surface area (Å²) in [5, 5.41) is 0. The van der Waals surface area contributed by atoms with Crippen LogP contribution < -0.4 is 0 Å². The van der Waals surface area contributed by atoms with Crippen molar-refractivity contribution in [1.29, 1.82) is 0 Å². The molecule has 0 aliphatic heterocycles. The smallest absolute Gasteiger partial charge is 0.219 e. The minimum Gasteiger partial charge on any atom is -0.241 e. The molecule has 0 unspecified atom stereocenters. The van der Waals surface area contributed by atoms with Crippen LogP contribution in [0.3, 0.4) is 0 Å². The van der Waals surface area contributed by atoms with Crippen LogP contribution in [0.5, 0.6) is 0 Å². The fourth-order valence-electron chi connectivity index (χ4n) is 4.60. The Kier molecular flexibility index (Phi) is 11.7. The number of aromatic nitrogens is 2. The lowest BCUT2D eigenvalue weighted by Gasteiger charge is -2.27. The number of aryl methyl sites for hydroxylation is 1. The Hall–Kier alpha value is -0.990. The highest BCUT2D eigenvalue weighted by atomic mass is 19.1. The molecule has 0 saturated heterocycles. The lowest BCUT2D eigenvalue weighted by atomic mass is 9.79. The molecule has 160 valence electrons. The molecule has 0 spiro atoms. The topological polar surface area (TPSA) is 25.8 Å². The molecule has 0 atom stereocenters. The Balaban J connectivity index is 1.66. The number of nitrogens with zero attached hydrogens (tertiary/aromatic N) is 2. The summed E-state index contributed by atoms with van der Waals surface area (Å²) >= 11 is 0. The average molecular weight is 391 g/mol. The number of unbranched alkanes of at least 4 members (excludes halogenated alkanes) is 9. The van der Waals surface area contributed by atoms with Crippen molar-refractivity contribution in [3.8, 4) is 0 Å². The van der Waals surface area contributed by atoms with E-state index in [4.69, 9.17) is 0 Å². The lowest BCUT2D eigenvalue weighted by molar-refractivity contribution is 0.295. The van der Waals surface area contributed by atoms with Crippen LogP contribution in [0.4, 0.5) is 4.39 Å². The third-order valence-electron chi connectivity index (χ3n) is 6.56. The van der Waals surface area contributed by atoms with E-state index in [1.54, 1.807) is 6.20 Å². The quantitative estimate of drug-likeness (QED) is 0.236. The van der Waals surface area contributed by atoms with Gasteiger partial charge in [-0.15, -0.1) is 0 Å². The molecule has 0 bridgehead atoms. The summed E-state index contributed by atoms with van der Waals surface area (Å²) in [7, 11) is 0. The van der Waals surface area contributed by atoms with E-state index in [-0.39, 0.29) is 5.95 Å². The van der Waals surface area contributed by atoms with E-state index in [0.29, 0.717) is 11.5 Å². The molecule has 1 heterocycles. The van der Waals surface area contributed by atoms with Crippen LogP contribution in [0.2, 0.25) is 0 Å². The van der Waals surface area contributed by atoms with Gasteiger partial charge in [0.25, 0.3) is 0 Å². The average Bonchev–Trinajstić information content (AvgIpc) is 2.72. The number of halogens is 1. The van der Waals surface area contributed by atoms with Crippen molar-refractivity contribution in [2.45, 2.75) is 129 Å². The first-order valence-corrected chi connectivity index (χ1v) is 12.3. The van der Waals surface area contributed by atoms with Crippen LogP contribution in [0.15, 0.2) is 6.20 Å². The summed E-state index contributed by atoms with van der Waals surface area (Å²) in [5.74, 6) is 1.73. The maximum atomic E-state index is 14.5. The van der Waals surface area contributed by atoms with Gasteiger partial charge in [-0.3, -0.25) is 0 Å². The van der Waals surface area contributed by atoms with Crippen LogP contribution in [0.25, 0.3) is 0 Å². The second kappa shape index (κ2) is 14.1. The van der Waals surface area contributed by atoms with Crippen LogP contribution in [-0.2, 0) is 6.42 Å². The van der Waals surface area contributed by atoms with Gasteiger partial charge in [-0.1, -0.05) is 84.5 Å². The maximum absolute atomic E-state index is 14.5. The van der Waals surface area contributed by atoms with Gasteiger partial charge in [-0.25, -0.2) is 9.97 Å². The van der Waals surface area contributed by atoms with Crippen LogP contribution in [0.1, 0.15) is 134 Å². The third kappa shape index (κ3) is 8.57. The highest BCUT2D eigenvalue weighted by Crippen LogP contribution is 2.36. The molecule has 0 aromatic carbocycles. The van der Waals surface area contributed by atoms with Gasteiger partial charge in [-0.05, 0) is 44.4 Å². The van der Waals surface area contributed by atoms with E-state index < -0.39 is 0 Å². The number of hydrogen-bond acceptors (Lipinski definition) is 2. The summed E-state index contributed by atoms with van der Waals surface area (Å²) in [4.78, 5) is 8.83. The highest BCUT2D eigenvalue weighted by molar-refractivity contribution is 5.10. The van der Waals surface area contributed by atoms with E-state index >= 15 is 0 Å². The van der Waals surface area contributed by atoms with Crippen molar-refractivity contribution >= 4 is 0 Å². The van der Waals surface area contributed by atoms with Crippen LogP contribution in [0, 0.1) is 11.9 Å². The Morgan fingerprint density at radius 3 is 2.07 bits per heavy atom. The van der Waals surface area contributed by atoms with Gasteiger partial charge >= 0.3 is 0 Å². The van der Waals surface area contributed by atoms with E-state index in [1.807, 2.05) is 0 Å². The van der Waals surface area contributed by atoms with E-state index in [9.17, 15) is 4.39 Å². The molecule has 0 radical (unpaired) electrons. The molecule has 1 saturated carbocycles. The van der Waals surface area contributed by atoms with Crippen molar-refractivity contribution in [2.75, 3.05) is 0 Å². The van der Waals surface area contributed by atoms with Crippen LogP contribution in [-0.4, -0.2) is 9.97 Å². The maximum Gasteiger partial charge on any atom is 0.219 e. The van der Waals surface area contributed by atoms with Crippen molar-refractivity contribution in [2.24, 2.45) is 5.92 Å². The molecule has 28 heavy (non-hydrogen) atoms.